The topological polar surface area (TPSA) is 62.4 Å². The van der Waals surface area contributed by atoms with Crippen LogP contribution in [0.3, 0.4) is 0 Å². The molecule has 0 aromatic heterocycles. The average molecular weight is 277 g/mol. The second-order valence-electron chi connectivity index (χ2n) is 6.01. The first kappa shape index (κ1) is 14.7. The van der Waals surface area contributed by atoms with Crippen LogP contribution in [0, 0.1) is 0 Å². The zero-order chi connectivity index (χ0) is 14.6. The lowest BCUT2D eigenvalue weighted by atomic mass is 10.1. The highest BCUT2D eigenvalue weighted by atomic mass is 16.6. The van der Waals surface area contributed by atoms with Gasteiger partial charge in [-0.3, -0.25) is 0 Å². The summed E-state index contributed by atoms with van der Waals surface area (Å²) in [5, 5.41) is 9.48. The fourth-order valence-electron chi connectivity index (χ4n) is 1.91. The predicted molar refractivity (Wildman–Crippen MR) is 79.8 cm³/mol. The number of rotatable bonds is 4. The van der Waals surface area contributed by atoms with Crippen molar-refractivity contribution in [3.05, 3.63) is 29.8 Å². The maximum Gasteiger partial charge on any atom is 0.407 e. The molecular formula is C15H23N3O2. The third-order valence-electron chi connectivity index (χ3n) is 2.98. The van der Waals surface area contributed by atoms with Crippen LogP contribution in [0.4, 0.5) is 10.5 Å². The molecule has 2 rings (SSSR count). The first-order valence-electron chi connectivity index (χ1n) is 6.96. The van der Waals surface area contributed by atoms with Crippen LogP contribution in [-0.4, -0.2) is 30.8 Å². The minimum absolute atomic E-state index is 0.391. The molecule has 1 saturated heterocycles. The summed E-state index contributed by atoms with van der Waals surface area (Å²) >= 11 is 0. The highest BCUT2D eigenvalue weighted by molar-refractivity contribution is 5.68. The molecule has 1 heterocycles. The van der Waals surface area contributed by atoms with Gasteiger partial charge in [-0.15, -0.1) is 0 Å². The zero-order valence-corrected chi connectivity index (χ0v) is 12.3. The Morgan fingerprint density at radius 3 is 2.65 bits per heavy atom. The van der Waals surface area contributed by atoms with E-state index in [1.54, 1.807) is 0 Å². The molecule has 0 spiro atoms. The summed E-state index contributed by atoms with van der Waals surface area (Å²) in [5.41, 5.74) is 1.65. The Kier molecular flexibility index (Phi) is 4.49. The minimum Gasteiger partial charge on any atom is -0.444 e. The molecule has 3 N–H and O–H groups in total. The summed E-state index contributed by atoms with van der Waals surface area (Å²) in [7, 11) is 0. The van der Waals surface area contributed by atoms with Crippen molar-refractivity contribution >= 4 is 11.8 Å². The van der Waals surface area contributed by atoms with Crippen molar-refractivity contribution in [3.63, 3.8) is 0 Å². The number of para-hydroxylation sites is 1. The molecule has 0 unspecified atom stereocenters. The predicted octanol–water partition coefficient (Wildman–Crippen LogP) is 2.09. The van der Waals surface area contributed by atoms with E-state index in [9.17, 15) is 4.79 Å². The van der Waals surface area contributed by atoms with E-state index in [2.05, 4.69) is 16.0 Å². The molecule has 1 fully saturated rings. The van der Waals surface area contributed by atoms with Crippen molar-refractivity contribution in [2.75, 3.05) is 18.4 Å². The maximum atomic E-state index is 11.7. The van der Waals surface area contributed by atoms with Crippen molar-refractivity contribution in [1.29, 1.82) is 0 Å². The van der Waals surface area contributed by atoms with E-state index < -0.39 is 11.7 Å². The van der Waals surface area contributed by atoms with Gasteiger partial charge in [0.15, 0.2) is 0 Å². The molecule has 0 atom stereocenters. The van der Waals surface area contributed by atoms with Crippen molar-refractivity contribution in [2.24, 2.45) is 0 Å². The molecular weight excluding hydrogens is 254 g/mol. The van der Waals surface area contributed by atoms with Crippen LogP contribution in [0.15, 0.2) is 24.3 Å². The van der Waals surface area contributed by atoms with E-state index >= 15 is 0 Å². The van der Waals surface area contributed by atoms with Gasteiger partial charge < -0.3 is 20.7 Å². The van der Waals surface area contributed by atoms with E-state index in [-0.39, 0.29) is 0 Å². The lowest BCUT2D eigenvalue weighted by Gasteiger charge is -2.30. The van der Waals surface area contributed by atoms with Crippen LogP contribution < -0.4 is 16.0 Å². The quantitative estimate of drug-likeness (QED) is 0.788. The highest BCUT2D eigenvalue weighted by Gasteiger charge is 2.18. The van der Waals surface area contributed by atoms with Crippen molar-refractivity contribution in [1.82, 2.24) is 10.6 Å². The summed E-state index contributed by atoms with van der Waals surface area (Å²) in [5.74, 6) is 0. The van der Waals surface area contributed by atoms with Gasteiger partial charge in [0.1, 0.15) is 5.60 Å². The minimum atomic E-state index is -0.473. The smallest absolute Gasteiger partial charge is 0.407 e. The number of alkyl carbamates (subject to hydrolysis) is 1. The molecule has 0 bridgehead atoms. The molecule has 1 amide bonds. The lowest BCUT2D eigenvalue weighted by molar-refractivity contribution is 0.0523. The first-order valence-corrected chi connectivity index (χ1v) is 6.96. The maximum absolute atomic E-state index is 11.7. The monoisotopic (exact) mass is 277 g/mol. The lowest BCUT2D eigenvalue weighted by Crippen LogP contribution is -2.51. The van der Waals surface area contributed by atoms with Crippen LogP contribution in [0.2, 0.25) is 0 Å². The summed E-state index contributed by atoms with van der Waals surface area (Å²) < 4.78 is 5.23. The van der Waals surface area contributed by atoms with Crippen molar-refractivity contribution in [3.8, 4) is 0 Å². The molecule has 0 radical (unpaired) electrons. The van der Waals surface area contributed by atoms with Crippen LogP contribution in [0.5, 0.6) is 0 Å². The summed E-state index contributed by atoms with van der Waals surface area (Å²) in [6.45, 7) is 7.98. The number of carbonyl (C=O) groups is 1. The second-order valence-corrected chi connectivity index (χ2v) is 6.01. The Morgan fingerprint density at radius 1 is 1.35 bits per heavy atom. The summed E-state index contributed by atoms with van der Waals surface area (Å²) in [6, 6.07) is 8.47. The van der Waals surface area contributed by atoms with E-state index in [4.69, 9.17) is 4.74 Å². The van der Waals surface area contributed by atoms with Crippen LogP contribution in [0.1, 0.15) is 26.3 Å². The molecule has 1 aliphatic heterocycles. The van der Waals surface area contributed by atoms with Gasteiger partial charge in [0.2, 0.25) is 0 Å². The van der Waals surface area contributed by atoms with E-state index in [0.29, 0.717) is 12.6 Å². The van der Waals surface area contributed by atoms with Gasteiger partial charge in [-0.2, -0.15) is 0 Å². The van der Waals surface area contributed by atoms with Gasteiger partial charge in [0.05, 0.1) is 6.04 Å². The number of anilines is 1. The van der Waals surface area contributed by atoms with E-state index in [1.165, 1.54) is 0 Å². The fourth-order valence-corrected chi connectivity index (χ4v) is 1.91. The molecule has 110 valence electrons. The van der Waals surface area contributed by atoms with Crippen LogP contribution >= 0.6 is 0 Å². The molecule has 0 saturated carbocycles. The normalized spacial score (nSPS) is 15.3. The highest BCUT2D eigenvalue weighted by Crippen LogP contribution is 2.17. The Balaban J connectivity index is 1.90. The number of amides is 1. The molecule has 0 aliphatic carbocycles. The molecule has 1 aliphatic rings. The number of carbonyl (C=O) groups excluding carboxylic acids is 1. The molecule has 20 heavy (non-hydrogen) atoms. The van der Waals surface area contributed by atoms with Gasteiger partial charge in [-0.1, -0.05) is 18.2 Å². The van der Waals surface area contributed by atoms with E-state index in [1.807, 2.05) is 45.0 Å². The van der Waals surface area contributed by atoms with Crippen molar-refractivity contribution in [2.45, 2.75) is 39.0 Å². The summed E-state index contributed by atoms with van der Waals surface area (Å²) in [6.07, 6.45) is -0.391. The van der Waals surface area contributed by atoms with Crippen LogP contribution in [0.25, 0.3) is 0 Å². The van der Waals surface area contributed by atoms with Gasteiger partial charge in [-0.25, -0.2) is 4.79 Å². The van der Waals surface area contributed by atoms with Gasteiger partial charge in [-0.05, 0) is 32.4 Å². The van der Waals surface area contributed by atoms with Crippen LogP contribution in [-0.2, 0) is 11.3 Å². The first-order chi connectivity index (χ1) is 9.44. The molecule has 5 nitrogen and oxygen atoms in total. The summed E-state index contributed by atoms with van der Waals surface area (Å²) in [4.78, 5) is 11.7. The van der Waals surface area contributed by atoms with Gasteiger partial charge in [0.25, 0.3) is 0 Å². The average Bonchev–Trinajstić information content (AvgIpc) is 2.30. The Bertz CT molecular complexity index is 464. The Labute approximate surface area is 120 Å². The number of benzene rings is 1. The number of hydrogen-bond donors (Lipinski definition) is 3. The van der Waals surface area contributed by atoms with Gasteiger partial charge >= 0.3 is 6.09 Å². The Hall–Kier alpha value is -1.75. The largest absolute Gasteiger partial charge is 0.444 e. The SMILES string of the molecule is CC(C)(C)OC(=O)NCc1ccccc1NC1CNC1. The molecule has 5 heteroatoms. The zero-order valence-electron chi connectivity index (χ0n) is 12.3. The number of hydrogen-bond acceptors (Lipinski definition) is 4. The second kappa shape index (κ2) is 6.13. The Morgan fingerprint density at radius 2 is 2.05 bits per heavy atom. The number of nitrogens with one attached hydrogen (secondary N) is 3. The number of ether oxygens (including phenoxy) is 1. The fraction of sp³-hybridized carbons (Fsp3) is 0.533. The van der Waals surface area contributed by atoms with E-state index in [0.717, 1.165) is 24.3 Å². The molecule has 1 aromatic carbocycles. The standard InChI is InChI=1S/C15H23N3O2/c1-15(2,3)20-14(19)17-8-11-6-4-5-7-13(11)18-12-9-16-10-12/h4-7,12,16,18H,8-10H2,1-3H3,(H,17,19). The third kappa shape index (κ3) is 4.42. The third-order valence-corrected chi connectivity index (χ3v) is 2.98. The molecule has 1 aromatic rings. The van der Waals surface area contributed by atoms with Crippen molar-refractivity contribution < 1.29 is 9.53 Å². The van der Waals surface area contributed by atoms with Gasteiger partial charge in [0, 0.05) is 25.3 Å².